The molecule has 1 amide bonds. The highest BCUT2D eigenvalue weighted by Gasteiger charge is 2.43. The van der Waals surface area contributed by atoms with Gasteiger partial charge in [0.1, 0.15) is 11.2 Å². The number of furan rings is 1. The average Bonchev–Trinajstić information content (AvgIpc) is 3.09. The number of piperidine rings is 1. The van der Waals surface area contributed by atoms with Crippen molar-refractivity contribution >= 4 is 27.8 Å². The Kier molecular flexibility index (Phi) is 4.51. The van der Waals surface area contributed by atoms with Gasteiger partial charge in [0.2, 0.25) is 5.91 Å². The van der Waals surface area contributed by atoms with Gasteiger partial charge in [0.05, 0.1) is 23.8 Å². The fourth-order valence-electron chi connectivity index (χ4n) is 5.30. The van der Waals surface area contributed by atoms with Crippen molar-refractivity contribution in [3.63, 3.8) is 0 Å². The molecule has 1 N–H and O–H groups in total. The summed E-state index contributed by atoms with van der Waals surface area (Å²) >= 11 is 0. The van der Waals surface area contributed by atoms with Gasteiger partial charge in [-0.1, -0.05) is 12.8 Å². The van der Waals surface area contributed by atoms with Crippen LogP contribution in [0.5, 0.6) is 0 Å². The molecule has 2 aromatic heterocycles. The average molecular weight is 409 g/mol. The molecule has 0 bridgehead atoms. The third-order valence-corrected chi connectivity index (χ3v) is 7.28. The molecular weight excluding hydrogens is 382 g/mol. The largest absolute Gasteiger partial charge is 0.464 e. The van der Waals surface area contributed by atoms with Crippen LogP contribution in [0.4, 0.5) is 0 Å². The lowest BCUT2D eigenvalue weighted by Gasteiger charge is -2.47. The number of likely N-dealkylation sites (tertiary alicyclic amines) is 1. The number of carbonyl (C=O) groups is 1. The first-order chi connectivity index (χ1) is 14.4. The van der Waals surface area contributed by atoms with Crippen molar-refractivity contribution in [2.45, 2.75) is 58.0 Å². The van der Waals surface area contributed by atoms with E-state index in [2.05, 4.69) is 0 Å². The lowest BCUT2D eigenvalue weighted by molar-refractivity contribution is -0.142. The summed E-state index contributed by atoms with van der Waals surface area (Å²) in [5.41, 5.74) is 2.27. The highest BCUT2D eigenvalue weighted by atomic mass is 16.4. The van der Waals surface area contributed by atoms with Gasteiger partial charge in [0.15, 0.2) is 0 Å². The SMILES string of the molecule is Cc1coc2cc3oc(=O)c(CC(=O)N4CCC5(O)CCCCC5C4)c(C)c3cc12. The number of aryl methyl sites for hydroxylation is 2. The molecule has 30 heavy (non-hydrogen) atoms. The summed E-state index contributed by atoms with van der Waals surface area (Å²) in [7, 11) is 0. The van der Waals surface area contributed by atoms with Crippen molar-refractivity contribution in [1.29, 1.82) is 0 Å². The second kappa shape index (κ2) is 6.98. The zero-order valence-electron chi connectivity index (χ0n) is 17.5. The van der Waals surface area contributed by atoms with Crippen LogP contribution in [0, 0.1) is 19.8 Å². The van der Waals surface area contributed by atoms with E-state index in [0.717, 1.165) is 47.6 Å². The molecule has 1 aliphatic carbocycles. The number of nitrogens with zero attached hydrogens (tertiary/aromatic N) is 1. The molecule has 2 unspecified atom stereocenters. The van der Waals surface area contributed by atoms with E-state index in [4.69, 9.17) is 8.83 Å². The molecule has 2 atom stereocenters. The van der Waals surface area contributed by atoms with E-state index in [1.165, 1.54) is 0 Å². The molecule has 1 aliphatic heterocycles. The second-order valence-corrected chi connectivity index (χ2v) is 9.07. The summed E-state index contributed by atoms with van der Waals surface area (Å²) in [6.07, 6.45) is 6.27. The maximum Gasteiger partial charge on any atom is 0.340 e. The number of carbonyl (C=O) groups excluding carboxylic acids is 1. The van der Waals surface area contributed by atoms with E-state index in [9.17, 15) is 14.7 Å². The first-order valence-electron chi connectivity index (χ1n) is 10.8. The third kappa shape index (κ3) is 3.05. The van der Waals surface area contributed by atoms with Gasteiger partial charge >= 0.3 is 5.63 Å². The van der Waals surface area contributed by atoms with Gasteiger partial charge in [-0.25, -0.2) is 4.79 Å². The van der Waals surface area contributed by atoms with Gasteiger partial charge in [-0.15, -0.1) is 0 Å². The van der Waals surface area contributed by atoms with Crippen LogP contribution in [-0.2, 0) is 11.2 Å². The first-order valence-corrected chi connectivity index (χ1v) is 10.8. The van der Waals surface area contributed by atoms with Crippen LogP contribution in [0.15, 0.2) is 32.0 Å². The van der Waals surface area contributed by atoms with Gasteiger partial charge < -0.3 is 18.8 Å². The molecule has 5 rings (SSSR count). The maximum absolute atomic E-state index is 13.1. The second-order valence-electron chi connectivity index (χ2n) is 9.07. The summed E-state index contributed by atoms with van der Waals surface area (Å²) in [6, 6.07) is 3.71. The number of fused-ring (bicyclic) bond motifs is 3. The molecule has 2 aliphatic rings. The normalized spacial score (nSPS) is 24.4. The monoisotopic (exact) mass is 409 g/mol. The van der Waals surface area contributed by atoms with Crippen molar-refractivity contribution in [3.8, 4) is 0 Å². The van der Waals surface area contributed by atoms with Crippen LogP contribution >= 0.6 is 0 Å². The van der Waals surface area contributed by atoms with Crippen molar-refractivity contribution in [2.75, 3.05) is 13.1 Å². The van der Waals surface area contributed by atoms with Crippen molar-refractivity contribution in [3.05, 3.63) is 45.5 Å². The van der Waals surface area contributed by atoms with Gasteiger partial charge in [0, 0.05) is 35.8 Å². The maximum atomic E-state index is 13.1. The molecular formula is C24H27NO5. The Bertz CT molecular complexity index is 1210. The van der Waals surface area contributed by atoms with E-state index in [1.54, 1.807) is 12.3 Å². The van der Waals surface area contributed by atoms with E-state index in [1.807, 2.05) is 24.8 Å². The van der Waals surface area contributed by atoms with Crippen molar-refractivity contribution in [2.24, 2.45) is 5.92 Å². The van der Waals surface area contributed by atoms with E-state index < -0.39 is 11.2 Å². The van der Waals surface area contributed by atoms with Crippen molar-refractivity contribution < 1.29 is 18.7 Å². The molecule has 0 spiro atoms. The summed E-state index contributed by atoms with van der Waals surface area (Å²) in [6.45, 7) is 4.96. The predicted molar refractivity (Wildman–Crippen MR) is 114 cm³/mol. The summed E-state index contributed by atoms with van der Waals surface area (Å²) in [5, 5.41) is 12.7. The molecule has 2 fully saturated rings. The Balaban J connectivity index is 1.44. The third-order valence-electron chi connectivity index (χ3n) is 7.28. The van der Waals surface area contributed by atoms with E-state index >= 15 is 0 Å². The van der Waals surface area contributed by atoms with Crippen LogP contribution in [0.25, 0.3) is 21.9 Å². The molecule has 158 valence electrons. The Morgan fingerprint density at radius 1 is 1.20 bits per heavy atom. The Hall–Kier alpha value is -2.60. The molecule has 1 saturated carbocycles. The molecule has 0 radical (unpaired) electrons. The highest BCUT2D eigenvalue weighted by Crippen LogP contribution is 2.40. The van der Waals surface area contributed by atoms with Gasteiger partial charge in [-0.05, 0) is 50.3 Å². The number of benzene rings is 1. The van der Waals surface area contributed by atoms with Crippen LogP contribution in [-0.4, -0.2) is 34.6 Å². The van der Waals surface area contributed by atoms with Gasteiger partial charge in [-0.3, -0.25) is 4.79 Å². The lowest BCUT2D eigenvalue weighted by atomic mass is 9.71. The number of rotatable bonds is 2. The lowest BCUT2D eigenvalue weighted by Crippen LogP contribution is -2.55. The first kappa shape index (κ1) is 19.4. The minimum atomic E-state index is -0.624. The number of hydrogen-bond acceptors (Lipinski definition) is 5. The zero-order chi connectivity index (χ0) is 21.0. The standard InChI is InChI=1S/C24H27NO5/c1-14-13-29-20-11-21-18(9-17(14)20)15(2)19(23(27)30-21)10-22(26)25-8-7-24(28)6-4-3-5-16(24)12-25/h9,11,13,16,28H,3-8,10,12H2,1-2H3. The molecule has 3 heterocycles. The minimum Gasteiger partial charge on any atom is -0.464 e. The fraction of sp³-hybridized carbons (Fsp3) is 0.500. The Morgan fingerprint density at radius 3 is 2.87 bits per heavy atom. The van der Waals surface area contributed by atoms with Crippen molar-refractivity contribution in [1.82, 2.24) is 4.90 Å². The highest BCUT2D eigenvalue weighted by molar-refractivity contribution is 5.96. The quantitative estimate of drug-likeness (QED) is 0.650. The summed E-state index contributed by atoms with van der Waals surface area (Å²) in [5.74, 6) is 0.0633. The minimum absolute atomic E-state index is 0.0255. The summed E-state index contributed by atoms with van der Waals surface area (Å²) in [4.78, 5) is 27.6. The number of aliphatic hydroxyl groups is 1. The Morgan fingerprint density at radius 2 is 2.03 bits per heavy atom. The molecule has 1 saturated heterocycles. The molecule has 6 nitrogen and oxygen atoms in total. The Labute approximate surface area is 174 Å². The van der Waals surface area contributed by atoms with E-state index in [0.29, 0.717) is 36.2 Å². The predicted octanol–water partition coefficient (Wildman–Crippen LogP) is 3.85. The number of hydrogen-bond donors (Lipinski definition) is 1. The topological polar surface area (TPSA) is 83.9 Å². The molecule has 3 aromatic rings. The summed E-state index contributed by atoms with van der Waals surface area (Å²) < 4.78 is 11.1. The van der Waals surface area contributed by atoms with Gasteiger partial charge in [0.25, 0.3) is 0 Å². The molecule has 1 aromatic carbocycles. The fourth-order valence-corrected chi connectivity index (χ4v) is 5.30. The van der Waals surface area contributed by atoms with Crippen LogP contribution < -0.4 is 5.63 Å². The van der Waals surface area contributed by atoms with Crippen LogP contribution in [0.3, 0.4) is 0 Å². The van der Waals surface area contributed by atoms with Crippen LogP contribution in [0.1, 0.15) is 48.8 Å². The van der Waals surface area contributed by atoms with E-state index in [-0.39, 0.29) is 18.2 Å². The van der Waals surface area contributed by atoms with Crippen LogP contribution in [0.2, 0.25) is 0 Å². The smallest absolute Gasteiger partial charge is 0.340 e. The van der Waals surface area contributed by atoms with Gasteiger partial charge in [-0.2, -0.15) is 0 Å². The number of amides is 1. The molecule has 6 heteroatoms. The zero-order valence-corrected chi connectivity index (χ0v) is 17.5.